The number of barbiturate groups is 1. The molecule has 1 heterocycles. The number of carbonyl (C=O) groups excluding carboxylic acids is 4. The third-order valence-electron chi connectivity index (χ3n) is 4.20. The first kappa shape index (κ1) is 15.5. The SMILES string of the molecule is CCNC(=O)CCN1C(=O)NC(=O)C2(CCCCC2)C1=O. The van der Waals surface area contributed by atoms with E-state index in [1.807, 2.05) is 0 Å². The third-order valence-corrected chi connectivity index (χ3v) is 4.20. The summed E-state index contributed by atoms with van der Waals surface area (Å²) in [5, 5.41) is 4.89. The molecule has 1 spiro atoms. The summed E-state index contributed by atoms with van der Waals surface area (Å²) < 4.78 is 0. The van der Waals surface area contributed by atoms with E-state index in [-0.39, 0.29) is 18.9 Å². The molecule has 2 fully saturated rings. The average Bonchev–Trinajstić information content (AvgIpc) is 2.46. The first-order chi connectivity index (χ1) is 10.0. The van der Waals surface area contributed by atoms with Gasteiger partial charge in [-0.15, -0.1) is 0 Å². The number of nitrogens with one attached hydrogen (secondary N) is 2. The molecule has 2 rings (SSSR count). The topological polar surface area (TPSA) is 95.6 Å². The van der Waals surface area contributed by atoms with Crippen molar-refractivity contribution in [3.05, 3.63) is 0 Å². The van der Waals surface area contributed by atoms with E-state index in [0.717, 1.165) is 24.2 Å². The maximum Gasteiger partial charge on any atom is 0.330 e. The fourth-order valence-electron chi connectivity index (χ4n) is 3.03. The molecular weight excluding hydrogens is 274 g/mol. The van der Waals surface area contributed by atoms with Crippen LogP contribution in [0, 0.1) is 5.41 Å². The predicted molar refractivity (Wildman–Crippen MR) is 74.1 cm³/mol. The maximum atomic E-state index is 12.6. The van der Waals surface area contributed by atoms with Gasteiger partial charge >= 0.3 is 6.03 Å². The van der Waals surface area contributed by atoms with E-state index < -0.39 is 23.3 Å². The Morgan fingerprint density at radius 1 is 1.24 bits per heavy atom. The molecule has 116 valence electrons. The van der Waals surface area contributed by atoms with Gasteiger partial charge in [0.25, 0.3) is 0 Å². The molecule has 2 N–H and O–H groups in total. The zero-order valence-corrected chi connectivity index (χ0v) is 12.2. The van der Waals surface area contributed by atoms with Crippen LogP contribution in [0.15, 0.2) is 0 Å². The number of urea groups is 1. The first-order valence-electron chi connectivity index (χ1n) is 7.45. The molecule has 0 atom stereocenters. The van der Waals surface area contributed by atoms with E-state index in [4.69, 9.17) is 0 Å². The zero-order chi connectivity index (χ0) is 15.5. The predicted octanol–water partition coefficient (Wildman–Crippen LogP) is 0.541. The minimum absolute atomic E-state index is 0.00549. The summed E-state index contributed by atoms with van der Waals surface area (Å²) in [6, 6.07) is -0.717. The van der Waals surface area contributed by atoms with Gasteiger partial charge < -0.3 is 5.32 Å². The molecule has 1 aliphatic heterocycles. The standard InChI is InChI=1S/C14H21N3O4/c1-2-15-10(18)6-9-17-12(20)14(7-4-3-5-8-14)11(19)16-13(17)21/h2-9H2,1H3,(H,15,18)(H,16,19,21). The van der Waals surface area contributed by atoms with E-state index in [1.165, 1.54) is 0 Å². The van der Waals surface area contributed by atoms with Crippen LogP contribution < -0.4 is 10.6 Å². The Kier molecular flexibility index (Phi) is 4.59. The van der Waals surface area contributed by atoms with Gasteiger partial charge in [0, 0.05) is 19.5 Å². The summed E-state index contributed by atoms with van der Waals surface area (Å²) in [5.41, 5.74) is -1.10. The minimum atomic E-state index is -1.10. The Morgan fingerprint density at radius 2 is 1.90 bits per heavy atom. The molecule has 1 saturated heterocycles. The minimum Gasteiger partial charge on any atom is -0.356 e. The maximum absolute atomic E-state index is 12.6. The zero-order valence-electron chi connectivity index (χ0n) is 12.2. The number of nitrogens with zero attached hydrogens (tertiary/aromatic N) is 1. The van der Waals surface area contributed by atoms with Crippen molar-refractivity contribution in [1.29, 1.82) is 0 Å². The largest absolute Gasteiger partial charge is 0.356 e. The Balaban J connectivity index is 2.10. The van der Waals surface area contributed by atoms with Gasteiger partial charge in [0.05, 0.1) is 0 Å². The number of amides is 5. The van der Waals surface area contributed by atoms with Crippen molar-refractivity contribution >= 4 is 23.8 Å². The second-order valence-electron chi connectivity index (χ2n) is 5.56. The van der Waals surface area contributed by atoms with Crippen molar-refractivity contribution in [2.75, 3.05) is 13.1 Å². The molecule has 7 nitrogen and oxygen atoms in total. The fraction of sp³-hybridized carbons (Fsp3) is 0.714. The number of rotatable bonds is 4. The highest BCUT2D eigenvalue weighted by molar-refractivity contribution is 6.19. The lowest BCUT2D eigenvalue weighted by molar-refractivity contribution is -0.153. The van der Waals surface area contributed by atoms with Crippen LogP contribution in [0.3, 0.4) is 0 Å². The first-order valence-corrected chi connectivity index (χ1v) is 7.45. The van der Waals surface area contributed by atoms with Crippen LogP contribution in [-0.4, -0.2) is 41.7 Å². The molecule has 0 aromatic carbocycles. The third kappa shape index (κ3) is 2.91. The van der Waals surface area contributed by atoms with Crippen LogP contribution in [0.5, 0.6) is 0 Å². The summed E-state index contributed by atoms with van der Waals surface area (Å²) in [7, 11) is 0. The molecule has 2 aliphatic rings. The van der Waals surface area contributed by atoms with Gasteiger partial charge in [-0.05, 0) is 19.8 Å². The molecule has 0 aromatic heterocycles. The Hall–Kier alpha value is -1.92. The van der Waals surface area contributed by atoms with Gasteiger partial charge in [0.2, 0.25) is 17.7 Å². The smallest absolute Gasteiger partial charge is 0.330 e. The second-order valence-corrected chi connectivity index (χ2v) is 5.56. The number of carbonyl (C=O) groups is 4. The highest BCUT2D eigenvalue weighted by Crippen LogP contribution is 2.40. The summed E-state index contributed by atoms with van der Waals surface area (Å²) in [6.45, 7) is 2.30. The lowest BCUT2D eigenvalue weighted by atomic mass is 9.71. The van der Waals surface area contributed by atoms with Crippen LogP contribution in [-0.2, 0) is 14.4 Å². The molecule has 1 aliphatic carbocycles. The molecule has 5 amide bonds. The van der Waals surface area contributed by atoms with Gasteiger partial charge in [-0.1, -0.05) is 19.3 Å². The highest BCUT2D eigenvalue weighted by Gasteiger charge is 2.53. The summed E-state index contributed by atoms with van der Waals surface area (Å²) in [4.78, 5) is 49.1. The van der Waals surface area contributed by atoms with Gasteiger partial charge in [0.1, 0.15) is 5.41 Å². The molecule has 1 saturated carbocycles. The average molecular weight is 295 g/mol. The summed E-state index contributed by atoms with van der Waals surface area (Å²) >= 11 is 0. The molecule has 0 radical (unpaired) electrons. The lowest BCUT2D eigenvalue weighted by Gasteiger charge is -2.41. The monoisotopic (exact) mass is 295 g/mol. The van der Waals surface area contributed by atoms with Crippen molar-refractivity contribution in [3.8, 4) is 0 Å². The second kappa shape index (κ2) is 6.24. The van der Waals surface area contributed by atoms with E-state index in [0.29, 0.717) is 19.4 Å². The van der Waals surface area contributed by atoms with E-state index in [2.05, 4.69) is 10.6 Å². The van der Waals surface area contributed by atoms with E-state index >= 15 is 0 Å². The highest BCUT2D eigenvalue weighted by atomic mass is 16.2. The quantitative estimate of drug-likeness (QED) is 0.740. The molecule has 0 bridgehead atoms. The Bertz CT molecular complexity index is 469. The van der Waals surface area contributed by atoms with Crippen molar-refractivity contribution in [2.45, 2.75) is 45.4 Å². The van der Waals surface area contributed by atoms with E-state index in [9.17, 15) is 19.2 Å². The van der Waals surface area contributed by atoms with Crippen LogP contribution in [0.4, 0.5) is 4.79 Å². The van der Waals surface area contributed by atoms with Crippen molar-refractivity contribution in [3.63, 3.8) is 0 Å². The molecular formula is C14H21N3O4. The lowest BCUT2D eigenvalue weighted by Crippen LogP contribution is -2.64. The number of hydrogen-bond acceptors (Lipinski definition) is 4. The van der Waals surface area contributed by atoms with Crippen molar-refractivity contribution in [1.82, 2.24) is 15.5 Å². The number of imide groups is 2. The van der Waals surface area contributed by atoms with E-state index in [1.54, 1.807) is 6.92 Å². The summed E-state index contributed by atoms with van der Waals surface area (Å²) in [5.74, 6) is -1.14. The Morgan fingerprint density at radius 3 is 2.52 bits per heavy atom. The molecule has 21 heavy (non-hydrogen) atoms. The van der Waals surface area contributed by atoms with Crippen LogP contribution in [0.25, 0.3) is 0 Å². The van der Waals surface area contributed by atoms with Gasteiger partial charge in [-0.2, -0.15) is 0 Å². The van der Waals surface area contributed by atoms with Gasteiger partial charge in [-0.25, -0.2) is 4.79 Å². The molecule has 7 heteroatoms. The van der Waals surface area contributed by atoms with Gasteiger partial charge in [0.15, 0.2) is 0 Å². The normalized spacial score (nSPS) is 21.4. The Labute approximate surface area is 123 Å². The van der Waals surface area contributed by atoms with Crippen molar-refractivity contribution in [2.24, 2.45) is 5.41 Å². The summed E-state index contributed by atoms with van der Waals surface area (Å²) in [6.07, 6.45) is 3.60. The van der Waals surface area contributed by atoms with Crippen LogP contribution in [0.1, 0.15) is 45.4 Å². The fourth-order valence-corrected chi connectivity index (χ4v) is 3.03. The van der Waals surface area contributed by atoms with Crippen LogP contribution >= 0.6 is 0 Å². The van der Waals surface area contributed by atoms with Gasteiger partial charge in [-0.3, -0.25) is 24.6 Å². The molecule has 0 unspecified atom stereocenters. The van der Waals surface area contributed by atoms with Crippen molar-refractivity contribution < 1.29 is 19.2 Å². The number of hydrogen-bond donors (Lipinski definition) is 2. The molecule has 0 aromatic rings. The van der Waals surface area contributed by atoms with Crippen LogP contribution in [0.2, 0.25) is 0 Å².